The highest BCUT2D eigenvalue weighted by molar-refractivity contribution is 7.94. The molecule has 5 heteroatoms. The van der Waals surface area contributed by atoms with E-state index in [1.165, 1.54) is 5.56 Å². The van der Waals surface area contributed by atoms with Gasteiger partial charge in [0.05, 0.1) is 29.2 Å². The Kier molecular flexibility index (Phi) is 6.63. The lowest BCUT2D eigenvalue weighted by molar-refractivity contribution is 0.218. The van der Waals surface area contributed by atoms with E-state index in [-0.39, 0.29) is 0 Å². The summed E-state index contributed by atoms with van der Waals surface area (Å²) in [4.78, 5) is 14.3. The van der Waals surface area contributed by atoms with Crippen molar-refractivity contribution >= 4 is 42.1 Å². The van der Waals surface area contributed by atoms with E-state index in [2.05, 4.69) is 12.6 Å². The predicted molar refractivity (Wildman–Crippen MR) is 112 cm³/mol. The number of hydrogen-bond donors (Lipinski definition) is 1. The molecule has 0 aliphatic heterocycles. The Bertz CT molecular complexity index is 784. The standard InChI is InChI=1S/C21H19NO2S2/c23-21(24-26-16-18-13-11-17(15-25)12-14-18)22(19-7-3-1-4-8-19)20-9-5-2-6-10-20/h1-14,25H,15-16H2. The topological polar surface area (TPSA) is 29.5 Å². The number of benzene rings is 3. The first-order valence-corrected chi connectivity index (χ1v) is 9.74. The Morgan fingerprint density at radius 3 is 1.81 bits per heavy atom. The molecule has 0 aromatic heterocycles. The van der Waals surface area contributed by atoms with Gasteiger partial charge in [-0.15, -0.1) is 0 Å². The number of thiol groups is 1. The molecular weight excluding hydrogens is 362 g/mol. The number of carbonyl (C=O) groups excluding carboxylic acids is 1. The minimum Gasteiger partial charge on any atom is -0.374 e. The number of amides is 1. The van der Waals surface area contributed by atoms with Crippen molar-refractivity contribution in [3.8, 4) is 0 Å². The molecule has 0 aliphatic carbocycles. The molecule has 0 saturated heterocycles. The van der Waals surface area contributed by atoms with Crippen LogP contribution in [-0.4, -0.2) is 6.09 Å². The second-order valence-electron chi connectivity index (χ2n) is 5.59. The second kappa shape index (κ2) is 9.36. The summed E-state index contributed by atoms with van der Waals surface area (Å²) in [6, 6.07) is 27.1. The van der Waals surface area contributed by atoms with Crippen molar-refractivity contribution in [2.24, 2.45) is 0 Å². The van der Waals surface area contributed by atoms with Gasteiger partial charge in [-0.05, 0) is 35.4 Å². The quantitative estimate of drug-likeness (QED) is 0.405. The molecule has 0 bridgehead atoms. The fourth-order valence-corrected chi connectivity index (χ4v) is 3.21. The van der Waals surface area contributed by atoms with Crippen LogP contribution < -0.4 is 4.90 Å². The van der Waals surface area contributed by atoms with Gasteiger partial charge in [-0.1, -0.05) is 60.7 Å². The first kappa shape index (κ1) is 18.4. The SMILES string of the molecule is O=C(OSCc1ccc(CS)cc1)N(c1ccccc1)c1ccccc1. The third kappa shape index (κ3) is 4.84. The lowest BCUT2D eigenvalue weighted by atomic mass is 10.2. The molecule has 0 N–H and O–H groups in total. The van der Waals surface area contributed by atoms with Crippen LogP contribution in [0.5, 0.6) is 0 Å². The fourth-order valence-electron chi connectivity index (χ4n) is 2.44. The molecule has 3 aromatic carbocycles. The van der Waals surface area contributed by atoms with Crippen LogP contribution in [0.3, 0.4) is 0 Å². The number of hydrogen-bond acceptors (Lipinski definition) is 4. The lowest BCUT2D eigenvalue weighted by Crippen LogP contribution is -2.24. The minimum atomic E-state index is -0.417. The van der Waals surface area contributed by atoms with Crippen LogP contribution in [0, 0.1) is 0 Å². The van der Waals surface area contributed by atoms with E-state index in [0.717, 1.165) is 29.0 Å². The molecule has 0 unspecified atom stereocenters. The molecule has 0 aliphatic rings. The average Bonchev–Trinajstić information content (AvgIpc) is 2.70. The van der Waals surface area contributed by atoms with Crippen molar-refractivity contribution in [2.45, 2.75) is 11.5 Å². The molecule has 1 amide bonds. The van der Waals surface area contributed by atoms with E-state index in [1.807, 2.05) is 84.9 Å². The Balaban J connectivity index is 1.68. The van der Waals surface area contributed by atoms with Crippen LogP contribution in [0.1, 0.15) is 11.1 Å². The molecule has 0 radical (unpaired) electrons. The van der Waals surface area contributed by atoms with Gasteiger partial charge in [0, 0.05) is 5.75 Å². The van der Waals surface area contributed by atoms with Crippen molar-refractivity contribution in [1.82, 2.24) is 0 Å². The highest BCUT2D eigenvalue weighted by Gasteiger charge is 2.19. The molecule has 0 fully saturated rings. The fraction of sp³-hybridized carbons (Fsp3) is 0.0952. The summed E-state index contributed by atoms with van der Waals surface area (Å²) in [5.41, 5.74) is 3.79. The number of nitrogens with zero attached hydrogens (tertiary/aromatic N) is 1. The molecule has 0 spiro atoms. The van der Waals surface area contributed by atoms with Crippen molar-refractivity contribution in [3.63, 3.8) is 0 Å². The zero-order chi connectivity index (χ0) is 18.2. The van der Waals surface area contributed by atoms with Gasteiger partial charge in [-0.25, -0.2) is 9.69 Å². The van der Waals surface area contributed by atoms with Crippen LogP contribution in [0.2, 0.25) is 0 Å². The van der Waals surface area contributed by atoms with Gasteiger partial charge in [0.15, 0.2) is 0 Å². The molecular formula is C21H19NO2S2. The summed E-state index contributed by atoms with van der Waals surface area (Å²) in [7, 11) is 0. The summed E-state index contributed by atoms with van der Waals surface area (Å²) >= 11 is 5.39. The van der Waals surface area contributed by atoms with Crippen molar-refractivity contribution in [1.29, 1.82) is 0 Å². The van der Waals surface area contributed by atoms with Crippen molar-refractivity contribution < 1.29 is 8.98 Å². The van der Waals surface area contributed by atoms with Gasteiger partial charge in [0.1, 0.15) is 0 Å². The first-order valence-electron chi connectivity index (χ1n) is 8.20. The van der Waals surface area contributed by atoms with E-state index in [0.29, 0.717) is 11.5 Å². The minimum absolute atomic E-state index is 0.417. The molecule has 0 atom stereocenters. The van der Waals surface area contributed by atoms with E-state index >= 15 is 0 Å². The average molecular weight is 382 g/mol. The summed E-state index contributed by atoms with van der Waals surface area (Å²) in [5, 5.41) is 0. The third-order valence-electron chi connectivity index (χ3n) is 3.77. The maximum absolute atomic E-state index is 12.7. The van der Waals surface area contributed by atoms with Crippen LogP contribution in [0.4, 0.5) is 16.2 Å². The van der Waals surface area contributed by atoms with E-state index < -0.39 is 6.09 Å². The molecule has 0 heterocycles. The van der Waals surface area contributed by atoms with Gasteiger partial charge in [-0.3, -0.25) is 0 Å². The van der Waals surface area contributed by atoms with Crippen LogP contribution in [-0.2, 0) is 15.7 Å². The molecule has 3 nitrogen and oxygen atoms in total. The lowest BCUT2D eigenvalue weighted by Gasteiger charge is -2.21. The maximum Gasteiger partial charge on any atom is 0.431 e. The highest BCUT2D eigenvalue weighted by atomic mass is 32.2. The second-order valence-corrected chi connectivity index (χ2v) is 6.60. The molecule has 3 aromatic rings. The van der Waals surface area contributed by atoms with Crippen molar-refractivity contribution in [2.75, 3.05) is 4.90 Å². The molecule has 3 rings (SSSR count). The van der Waals surface area contributed by atoms with E-state index in [1.54, 1.807) is 4.90 Å². The predicted octanol–water partition coefficient (Wildman–Crippen LogP) is 6.24. The molecule has 0 saturated carbocycles. The van der Waals surface area contributed by atoms with Gasteiger partial charge >= 0.3 is 6.09 Å². The van der Waals surface area contributed by atoms with Crippen LogP contribution >= 0.6 is 24.7 Å². The smallest absolute Gasteiger partial charge is 0.374 e. The number of carbonyl (C=O) groups is 1. The summed E-state index contributed by atoms with van der Waals surface area (Å²) < 4.78 is 5.46. The molecule has 26 heavy (non-hydrogen) atoms. The summed E-state index contributed by atoms with van der Waals surface area (Å²) in [6.45, 7) is 0. The van der Waals surface area contributed by atoms with E-state index in [4.69, 9.17) is 4.18 Å². The monoisotopic (exact) mass is 381 g/mol. The first-order chi connectivity index (χ1) is 12.8. The van der Waals surface area contributed by atoms with Crippen LogP contribution in [0.25, 0.3) is 0 Å². The van der Waals surface area contributed by atoms with E-state index in [9.17, 15) is 4.79 Å². The Morgan fingerprint density at radius 2 is 1.31 bits per heavy atom. The van der Waals surface area contributed by atoms with Crippen LogP contribution in [0.15, 0.2) is 84.9 Å². The zero-order valence-electron chi connectivity index (χ0n) is 14.1. The summed E-state index contributed by atoms with van der Waals surface area (Å²) in [6.07, 6.45) is -0.417. The van der Waals surface area contributed by atoms with Gasteiger partial charge in [0.2, 0.25) is 0 Å². The molecule has 132 valence electrons. The zero-order valence-corrected chi connectivity index (χ0v) is 15.8. The van der Waals surface area contributed by atoms with Gasteiger partial charge in [-0.2, -0.15) is 12.6 Å². The third-order valence-corrected chi connectivity index (χ3v) is 4.85. The normalized spacial score (nSPS) is 10.3. The highest BCUT2D eigenvalue weighted by Crippen LogP contribution is 2.27. The largest absolute Gasteiger partial charge is 0.431 e. The number of rotatable bonds is 6. The van der Waals surface area contributed by atoms with Gasteiger partial charge < -0.3 is 4.18 Å². The summed E-state index contributed by atoms with van der Waals surface area (Å²) in [5.74, 6) is 1.31. The van der Waals surface area contributed by atoms with Gasteiger partial charge in [0.25, 0.3) is 0 Å². The maximum atomic E-state index is 12.7. The Hall–Kier alpha value is -2.37. The Labute approximate surface area is 163 Å². The number of para-hydroxylation sites is 2. The Morgan fingerprint density at radius 1 is 0.808 bits per heavy atom. The van der Waals surface area contributed by atoms with Crippen molar-refractivity contribution in [3.05, 3.63) is 96.1 Å². The number of anilines is 2.